The minimum atomic E-state index is -1.00. The van der Waals surface area contributed by atoms with Gasteiger partial charge in [0.15, 0.2) is 5.96 Å². The summed E-state index contributed by atoms with van der Waals surface area (Å²) in [6.07, 6.45) is 0.956. The van der Waals surface area contributed by atoms with Crippen molar-refractivity contribution < 1.29 is 9.90 Å². The number of carbonyl (C=O) groups is 1. The summed E-state index contributed by atoms with van der Waals surface area (Å²) in [4.78, 5) is 13.9. The number of aliphatic carboxylic acids is 1. The second kappa shape index (κ2) is 7.63. The van der Waals surface area contributed by atoms with Crippen molar-refractivity contribution in [2.75, 3.05) is 6.54 Å². The number of halogens is 1. The molecule has 6 nitrogen and oxygen atoms in total. The average Bonchev–Trinajstić information content (AvgIpc) is 1.97. The maximum absolute atomic E-state index is 10.2. The lowest BCUT2D eigenvalue weighted by atomic mass is 11.1. The van der Waals surface area contributed by atoms with Crippen LogP contribution in [-0.2, 0) is 4.79 Å². The highest BCUT2D eigenvalue weighted by molar-refractivity contribution is 5.85. The summed E-state index contributed by atoms with van der Waals surface area (Å²) in [5, 5.41) is 8.38. The highest BCUT2D eigenvalue weighted by Crippen LogP contribution is 1.94. The number of aliphatic imine (C=N–C) groups is 1. The number of hydrogen-bond donors (Lipinski definition) is 4. The van der Waals surface area contributed by atoms with Crippen molar-refractivity contribution in [3.63, 3.8) is 0 Å². The molecular weight excluding hydrogens is 201 g/mol. The topological polar surface area (TPSA) is 128 Å². The van der Waals surface area contributed by atoms with Gasteiger partial charge in [-0.15, -0.1) is 12.4 Å². The smallest absolute Gasteiger partial charge is 0.320 e. The third-order valence-corrected chi connectivity index (χ3v) is 1.28. The van der Waals surface area contributed by atoms with Gasteiger partial charge < -0.3 is 22.3 Å². The van der Waals surface area contributed by atoms with Crippen molar-refractivity contribution in [3.8, 4) is 0 Å². The molecule has 0 bridgehead atoms. The number of rotatable bonds is 5. The van der Waals surface area contributed by atoms with Crippen LogP contribution < -0.4 is 17.2 Å². The average molecular weight is 217 g/mol. The van der Waals surface area contributed by atoms with Gasteiger partial charge in [-0.2, -0.15) is 0 Å². The molecule has 0 amide bonds. The van der Waals surface area contributed by atoms with Gasteiger partial charge in [0.1, 0.15) is 6.04 Å². The molecule has 13 heavy (non-hydrogen) atoms. The molecule has 0 aliphatic rings. The van der Waals surface area contributed by atoms with E-state index in [1.54, 1.807) is 0 Å². The number of nitrogens with two attached hydrogens (primary N) is 3. The Hall–Kier alpha value is -1.01. The molecule has 1 unspecified atom stereocenters. The Bertz CT molecular complexity index is 181. The van der Waals surface area contributed by atoms with Crippen LogP contribution in [0.2, 0.25) is 0 Å². The second-order valence-electron chi connectivity index (χ2n) is 2.39. The monoisotopic (exact) mass is 216 g/mol. The number of carboxylic acid groups (broad SMARTS) is 1. The van der Waals surface area contributed by atoms with Crippen molar-refractivity contribution in [1.29, 1.82) is 0 Å². The Kier molecular flexibility index (Phi) is 8.52. The normalized spacial score (nSPS) is 11.2. The number of guanidine groups is 1. The molecule has 7 heteroatoms. The van der Waals surface area contributed by atoms with Crippen LogP contribution in [0, 0.1) is 0 Å². The molecule has 0 spiro atoms. The van der Waals surface area contributed by atoms with Gasteiger partial charge >= 0.3 is 5.97 Å². The molecule has 0 aliphatic heterocycles. The zero-order valence-electron chi connectivity index (χ0n) is 7.14. The van der Waals surface area contributed by atoms with Gasteiger partial charge in [-0.1, -0.05) is 0 Å². The fourth-order valence-electron chi connectivity index (χ4n) is 0.643. The van der Waals surface area contributed by atoms with Crippen LogP contribution in [0.5, 0.6) is 0 Å². The third kappa shape index (κ3) is 8.90. The predicted molar refractivity (Wildman–Crippen MR) is 52.8 cm³/mol. The van der Waals surface area contributed by atoms with Crippen molar-refractivity contribution in [2.45, 2.75) is 18.9 Å². The Balaban J connectivity index is 0. The van der Waals surface area contributed by atoms with E-state index < -0.39 is 12.0 Å². The summed E-state index contributed by atoms with van der Waals surface area (Å²) in [5.41, 5.74) is 15.3. The van der Waals surface area contributed by atoms with E-state index in [1.807, 2.05) is 0 Å². The van der Waals surface area contributed by atoms with Crippen molar-refractivity contribution >= 4 is 24.3 Å². The molecule has 0 aliphatic carbocycles. The zero-order chi connectivity index (χ0) is 9.56. The molecule has 0 aromatic heterocycles. The van der Waals surface area contributed by atoms with Crippen LogP contribution in [0.3, 0.4) is 0 Å². The minimum Gasteiger partial charge on any atom is -0.480 e. The van der Waals surface area contributed by atoms with E-state index >= 15 is 0 Å². The first-order chi connectivity index (χ1) is 5.54. The van der Waals surface area contributed by atoms with Crippen molar-refractivity contribution in [2.24, 2.45) is 22.2 Å². The molecule has 78 valence electrons. The molecule has 0 saturated carbocycles. The summed E-state index contributed by atoms with van der Waals surface area (Å²) in [7, 11) is 0. The van der Waals surface area contributed by atoms with Gasteiger partial charge in [0.2, 0.25) is 0 Å². The summed E-state index contributed by atoms with van der Waals surface area (Å²) in [6, 6.07) is -0.820. The van der Waals surface area contributed by atoms with E-state index in [0.717, 1.165) is 0 Å². The van der Waals surface area contributed by atoms with Gasteiger partial charge in [-0.3, -0.25) is 9.79 Å². The molecule has 1 atom stereocenters. The largest absolute Gasteiger partial charge is 0.480 e. The fourth-order valence-corrected chi connectivity index (χ4v) is 0.643. The van der Waals surface area contributed by atoms with Crippen LogP contribution in [-0.4, -0.2) is 29.6 Å². The number of carboxylic acids is 1. The molecule has 0 aromatic rings. The highest BCUT2D eigenvalue weighted by Gasteiger charge is 2.09. The second-order valence-corrected chi connectivity index (χ2v) is 2.39. The van der Waals surface area contributed by atoms with Crippen LogP contribution in [0.1, 0.15) is 12.8 Å². The summed E-state index contributed by atoms with van der Waals surface area (Å²) in [5.74, 6) is -0.987. The van der Waals surface area contributed by atoms with E-state index in [2.05, 4.69) is 4.99 Å². The zero-order valence-corrected chi connectivity index (χ0v) is 7.96. The third-order valence-electron chi connectivity index (χ3n) is 1.28. The van der Waals surface area contributed by atoms with Crippen molar-refractivity contribution in [3.05, 3.63) is 0 Å². The summed E-state index contributed by atoms with van der Waals surface area (Å²) >= 11 is 0. The van der Waals surface area contributed by atoms with Gasteiger partial charge in [0.05, 0.1) is 0 Å². The maximum Gasteiger partial charge on any atom is 0.320 e. The van der Waals surface area contributed by atoms with Crippen LogP contribution in [0.4, 0.5) is 0 Å². The molecule has 0 rings (SSSR count). The van der Waals surface area contributed by atoms with E-state index in [-0.39, 0.29) is 18.4 Å². The molecule has 7 N–H and O–H groups in total. The van der Waals surface area contributed by atoms with E-state index in [1.165, 1.54) is 0 Å². The van der Waals surface area contributed by atoms with Crippen LogP contribution in [0.15, 0.2) is 4.99 Å². The first-order valence-corrected chi connectivity index (χ1v) is 3.58. The summed E-state index contributed by atoms with van der Waals surface area (Å²) in [6.45, 7) is 0.420. The molecule has 0 fully saturated rings. The molecular formula is C6H15ClN4O2. The Morgan fingerprint density at radius 1 is 1.46 bits per heavy atom. The van der Waals surface area contributed by atoms with E-state index in [9.17, 15) is 4.79 Å². The van der Waals surface area contributed by atoms with Crippen molar-refractivity contribution in [1.82, 2.24) is 0 Å². The quantitative estimate of drug-likeness (QED) is 0.200. The lowest BCUT2D eigenvalue weighted by Crippen LogP contribution is -2.30. The number of hydrogen-bond acceptors (Lipinski definition) is 3. The van der Waals surface area contributed by atoms with Crippen LogP contribution in [0.25, 0.3) is 0 Å². The van der Waals surface area contributed by atoms with Gasteiger partial charge in [0.25, 0.3) is 0 Å². The predicted octanol–water partition coefficient (Wildman–Crippen LogP) is -1.13. The highest BCUT2D eigenvalue weighted by atomic mass is 35.5. The lowest BCUT2D eigenvalue weighted by molar-refractivity contribution is -0.138. The fraction of sp³-hybridized carbons (Fsp3) is 0.667. The first kappa shape index (κ1) is 14.5. The molecule has 0 saturated heterocycles. The molecule has 0 heterocycles. The molecule has 0 aromatic carbocycles. The minimum absolute atomic E-state index is 0. The summed E-state index contributed by atoms with van der Waals surface area (Å²) < 4.78 is 0. The Morgan fingerprint density at radius 2 is 2.00 bits per heavy atom. The standard InChI is InChI=1S/C6H14N4O2.ClH/c7-4(5(11)12)2-1-3-10-6(8)9;/h4H,1-3,7H2,(H,11,12)(H4,8,9,10);1H/i1+1,2+1,3+1,4+1,5+1,6+1;. The van der Waals surface area contributed by atoms with Gasteiger partial charge in [-0.05, 0) is 12.8 Å². The Labute approximate surface area is 82.6 Å². The Morgan fingerprint density at radius 3 is 2.38 bits per heavy atom. The maximum atomic E-state index is 10.2. The first-order valence-electron chi connectivity index (χ1n) is 3.58. The number of nitrogens with zero attached hydrogens (tertiary/aromatic N) is 1. The van der Waals surface area contributed by atoms with Crippen LogP contribution >= 0.6 is 12.4 Å². The molecule has 0 radical (unpaired) electrons. The van der Waals surface area contributed by atoms with E-state index in [4.69, 9.17) is 22.3 Å². The lowest BCUT2D eigenvalue weighted by Gasteiger charge is -2.03. The van der Waals surface area contributed by atoms with Gasteiger partial charge in [-0.25, -0.2) is 0 Å². The van der Waals surface area contributed by atoms with E-state index in [0.29, 0.717) is 19.4 Å². The SMILES string of the molecule is Cl.N[13C](N)=N[13CH2][13CH2][13CH2][13CH](N)[13C](=O)O. The van der Waals surface area contributed by atoms with Gasteiger partial charge in [0, 0.05) is 6.54 Å².